The van der Waals surface area contributed by atoms with Crippen molar-refractivity contribution in [3.05, 3.63) is 42.0 Å². The van der Waals surface area contributed by atoms with Crippen molar-refractivity contribution >= 4 is 11.7 Å². The number of nitrogens with one attached hydrogen (secondary N) is 1. The second kappa shape index (κ2) is 5.70. The molecule has 0 heterocycles. The summed E-state index contributed by atoms with van der Waals surface area (Å²) in [6.45, 7) is 3.22. The van der Waals surface area contributed by atoms with Crippen LogP contribution >= 0.6 is 0 Å². The van der Waals surface area contributed by atoms with Gasteiger partial charge in [0.15, 0.2) is 0 Å². The lowest BCUT2D eigenvalue weighted by atomic mass is 9.93. The van der Waals surface area contributed by atoms with Crippen molar-refractivity contribution in [3.63, 3.8) is 0 Å². The fourth-order valence-electron chi connectivity index (χ4n) is 3.35. The maximum atomic E-state index is 11.7. The molecule has 0 amide bonds. The van der Waals surface area contributed by atoms with Crippen LogP contribution in [0.1, 0.15) is 30.1 Å². The van der Waals surface area contributed by atoms with Crippen molar-refractivity contribution < 1.29 is 9.53 Å². The zero-order valence-corrected chi connectivity index (χ0v) is 11.8. The molecule has 2 aliphatic rings. The highest BCUT2D eigenvalue weighted by molar-refractivity contribution is 5.90. The normalized spacial score (nSPS) is 26.8. The van der Waals surface area contributed by atoms with Crippen molar-refractivity contribution in [2.24, 2.45) is 17.8 Å². The van der Waals surface area contributed by atoms with Crippen LogP contribution in [0, 0.1) is 17.8 Å². The molecule has 0 radical (unpaired) electrons. The Bertz CT molecular complexity index is 523. The fourth-order valence-corrected chi connectivity index (χ4v) is 3.35. The van der Waals surface area contributed by atoms with E-state index in [1.807, 2.05) is 25.1 Å². The predicted molar refractivity (Wildman–Crippen MR) is 79.7 cm³/mol. The first-order valence-electron chi connectivity index (χ1n) is 7.45. The summed E-state index contributed by atoms with van der Waals surface area (Å²) in [5, 5.41) is 3.47. The van der Waals surface area contributed by atoms with Crippen LogP contribution in [0.5, 0.6) is 0 Å². The lowest BCUT2D eigenvalue weighted by Crippen LogP contribution is -2.18. The van der Waals surface area contributed by atoms with Gasteiger partial charge in [-0.15, -0.1) is 0 Å². The number of esters is 1. The largest absolute Gasteiger partial charge is 0.462 e. The van der Waals surface area contributed by atoms with Crippen LogP contribution in [0.2, 0.25) is 0 Å². The number of carbonyl (C=O) groups excluding carboxylic acids is 1. The highest BCUT2D eigenvalue weighted by Crippen LogP contribution is 2.43. The molecule has 3 unspecified atom stereocenters. The Morgan fingerprint density at radius 2 is 2.25 bits per heavy atom. The first-order valence-corrected chi connectivity index (χ1v) is 7.45. The quantitative estimate of drug-likeness (QED) is 0.658. The third-order valence-corrected chi connectivity index (χ3v) is 4.36. The van der Waals surface area contributed by atoms with Gasteiger partial charge >= 0.3 is 5.97 Å². The smallest absolute Gasteiger partial charge is 0.338 e. The SMILES string of the molecule is CCOC(=O)c1cccc(NCC2CC3C=CC2C3)c1. The maximum Gasteiger partial charge on any atom is 0.338 e. The van der Waals surface area contributed by atoms with Gasteiger partial charge in [-0.3, -0.25) is 0 Å². The standard InChI is InChI=1S/C17H21NO2/c1-2-20-17(19)14-4-3-5-16(10-14)18-11-15-9-12-6-7-13(15)8-12/h3-7,10,12-13,15,18H,2,8-9,11H2,1H3. The molecule has 3 nitrogen and oxygen atoms in total. The first kappa shape index (κ1) is 13.2. The van der Waals surface area contributed by atoms with E-state index in [1.54, 1.807) is 6.07 Å². The molecule has 0 spiro atoms. The van der Waals surface area contributed by atoms with Crippen molar-refractivity contribution in [1.29, 1.82) is 0 Å². The number of allylic oxidation sites excluding steroid dienone is 2. The van der Waals surface area contributed by atoms with Gasteiger partial charge in [-0.1, -0.05) is 18.2 Å². The minimum Gasteiger partial charge on any atom is -0.462 e. The van der Waals surface area contributed by atoms with Crippen LogP contribution < -0.4 is 5.32 Å². The van der Waals surface area contributed by atoms with Crippen LogP contribution in [0.25, 0.3) is 0 Å². The van der Waals surface area contributed by atoms with E-state index in [-0.39, 0.29) is 5.97 Å². The van der Waals surface area contributed by atoms with E-state index in [9.17, 15) is 4.79 Å². The van der Waals surface area contributed by atoms with Gasteiger partial charge in [0.2, 0.25) is 0 Å². The third kappa shape index (κ3) is 2.72. The van der Waals surface area contributed by atoms with Gasteiger partial charge in [-0.25, -0.2) is 4.79 Å². The third-order valence-electron chi connectivity index (χ3n) is 4.36. The summed E-state index contributed by atoms with van der Waals surface area (Å²) in [5.74, 6) is 2.04. The predicted octanol–water partition coefficient (Wildman–Crippen LogP) is 3.49. The fraction of sp³-hybridized carbons (Fsp3) is 0.471. The number of ether oxygens (including phenoxy) is 1. The second-order valence-corrected chi connectivity index (χ2v) is 5.72. The van der Waals surface area contributed by atoms with Crippen LogP contribution in [0.15, 0.2) is 36.4 Å². The summed E-state index contributed by atoms with van der Waals surface area (Å²) in [7, 11) is 0. The average molecular weight is 271 g/mol. The zero-order chi connectivity index (χ0) is 13.9. The summed E-state index contributed by atoms with van der Waals surface area (Å²) < 4.78 is 5.03. The van der Waals surface area contributed by atoms with Crippen molar-refractivity contribution in [1.82, 2.24) is 0 Å². The minimum atomic E-state index is -0.251. The maximum absolute atomic E-state index is 11.7. The molecule has 1 aromatic carbocycles. The average Bonchev–Trinajstić information content (AvgIpc) is 3.08. The molecule has 0 saturated heterocycles. The monoisotopic (exact) mass is 271 g/mol. The molecule has 1 aromatic rings. The Hall–Kier alpha value is -1.77. The van der Waals surface area contributed by atoms with E-state index < -0.39 is 0 Å². The van der Waals surface area contributed by atoms with Crippen LogP contribution in [-0.2, 0) is 4.74 Å². The van der Waals surface area contributed by atoms with E-state index in [2.05, 4.69) is 17.5 Å². The van der Waals surface area contributed by atoms with Crippen LogP contribution in [-0.4, -0.2) is 19.1 Å². The van der Waals surface area contributed by atoms with Gasteiger partial charge in [-0.05, 0) is 55.7 Å². The summed E-state index contributed by atoms with van der Waals surface area (Å²) in [6, 6.07) is 7.57. The number of carbonyl (C=O) groups is 1. The summed E-state index contributed by atoms with van der Waals surface area (Å²) in [5.41, 5.74) is 1.62. The van der Waals surface area contributed by atoms with Crippen molar-refractivity contribution in [2.75, 3.05) is 18.5 Å². The molecule has 0 aromatic heterocycles. The van der Waals surface area contributed by atoms with Gasteiger partial charge < -0.3 is 10.1 Å². The molecule has 106 valence electrons. The Labute approximate surface area is 120 Å². The highest BCUT2D eigenvalue weighted by atomic mass is 16.5. The molecule has 3 heteroatoms. The Morgan fingerprint density at radius 3 is 2.95 bits per heavy atom. The summed E-state index contributed by atoms with van der Waals surface area (Å²) in [6.07, 6.45) is 7.36. The second-order valence-electron chi connectivity index (χ2n) is 5.72. The van der Waals surface area contributed by atoms with Crippen LogP contribution in [0.4, 0.5) is 5.69 Å². The topological polar surface area (TPSA) is 38.3 Å². The van der Waals surface area contributed by atoms with Gasteiger partial charge in [0, 0.05) is 12.2 Å². The molecular weight excluding hydrogens is 250 g/mol. The van der Waals surface area contributed by atoms with E-state index >= 15 is 0 Å². The lowest BCUT2D eigenvalue weighted by Gasteiger charge is -2.19. The lowest BCUT2D eigenvalue weighted by molar-refractivity contribution is 0.0526. The molecule has 1 N–H and O–H groups in total. The molecule has 0 aliphatic heterocycles. The Balaban J connectivity index is 1.59. The molecule has 3 rings (SSSR count). The van der Waals surface area contributed by atoms with Gasteiger partial charge in [0.25, 0.3) is 0 Å². The number of rotatable bonds is 5. The van der Waals surface area contributed by atoms with Crippen LogP contribution in [0.3, 0.4) is 0 Å². The molecule has 2 bridgehead atoms. The summed E-state index contributed by atoms with van der Waals surface area (Å²) in [4.78, 5) is 11.7. The molecule has 1 fully saturated rings. The number of benzene rings is 1. The zero-order valence-electron chi connectivity index (χ0n) is 11.8. The molecular formula is C17H21NO2. The molecule has 2 aliphatic carbocycles. The first-order chi connectivity index (χ1) is 9.76. The number of hydrogen-bond donors (Lipinski definition) is 1. The summed E-state index contributed by atoms with van der Waals surface area (Å²) >= 11 is 0. The Morgan fingerprint density at radius 1 is 1.35 bits per heavy atom. The Kier molecular flexibility index (Phi) is 3.77. The van der Waals surface area contributed by atoms with Crippen molar-refractivity contribution in [2.45, 2.75) is 19.8 Å². The van der Waals surface area contributed by atoms with E-state index in [0.29, 0.717) is 12.2 Å². The van der Waals surface area contributed by atoms with Gasteiger partial charge in [0.05, 0.1) is 12.2 Å². The van der Waals surface area contributed by atoms with E-state index in [0.717, 1.165) is 30.0 Å². The van der Waals surface area contributed by atoms with E-state index in [4.69, 9.17) is 4.74 Å². The van der Waals surface area contributed by atoms with Gasteiger partial charge in [0.1, 0.15) is 0 Å². The number of fused-ring (bicyclic) bond motifs is 2. The number of hydrogen-bond acceptors (Lipinski definition) is 3. The molecule has 20 heavy (non-hydrogen) atoms. The minimum absolute atomic E-state index is 0.251. The molecule has 3 atom stereocenters. The van der Waals surface area contributed by atoms with Crippen molar-refractivity contribution in [3.8, 4) is 0 Å². The van der Waals surface area contributed by atoms with Gasteiger partial charge in [-0.2, -0.15) is 0 Å². The highest BCUT2D eigenvalue weighted by Gasteiger charge is 2.35. The number of anilines is 1. The van der Waals surface area contributed by atoms with E-state index in [1.165, 1.54) is 12.8 Å². The molecule has 1 saturated carbocycles.